The van der Waals surface area contributed by atoms with Gasteiger partial charge in [0.05, 0.1) is 10.6 Å². The summed E-state index contributed by atoms with van der Waals surface area (Å²) in [6.07, 6.45) is 1.90. The van der Waals surface area contributed by atoms with Crippen LogP contribution in [-0.4, -0.2) is 36.2 Å². The summed E-state index contributed by atoms with van der Waals surface area (Å²) in [4.78, 5) is 27.3. The molecule has 0 radical (unpaired) electrons. The van der Waals surface area contributed by atoms with Crippen molar-refractivity contribution < 1.29 is 9.59 Å². The first-order valence-electron chi connectivity index (χ1n) is 3.89. The predicted molar refractivity (Wildman–Crippen MR) is 52.7 cm³/mol. The summed E-state index contributed by atoms with van der Waals surface area (Å²) in [6.45, 7) is 0. The van der Waals surface area contributed by atoms with E-state index < -0.39 is 0 Å². The van der Waals surface area contributed by atoms with Crippen LogP contribution in [0.25, 0.3) is 0 Å². The number of nitrogens with zero attached hydrogens (tertiary/aromatic N) is 2. The average Bonchev–Trinajstić information content (AvgIpc) is 2.16. The summed E-state index contributed by atoms with van der Waals surface area (Å²) in [5.41, 5.74) is 0.213. The maximum atomic E-state index is 11.6. The molecule has 14 heavy (non-hydrogen) atoms. The number of rotatable bonds is 2. The zero-order valence-corrected chi connectivity index (χ0v) is 8.58. The van der Waals surface area contributed by atoms with Crippen molar-refractivity contribution in [1.82, 2.24) is 9.88 Å². The van der Waals surface area contributed by atoms with Gasteiger partial charge < -0.3 is 4.90 Å². The first-order chi connectivity index (χ1) is 6.57. The molecule has 0 bridgehead atoms. The topological polar surface area (TPSA) is 50.3 Å². The van der Waals surface area contributed by atoms with Crippen LogP contribution in [0.3, 0.4) is 0 Å². The molecule has 0 aliphatic heterocycles. The largest absolute Gasteiger partial charge is 0.345 e. The highest BCUT2D eigenvalue weighted by Crippen LogP contribution is 2.18. The molecule has 74 valence electrons. The molecule has 0 saturated carbocycles. The predicted octanol–water partition coefficient (Wildman–Crippen LogP) is 1.25. The van der Waals surface area contributed by atoms with Gasteiger partial charge in [-0.05, 0) is 6.07 Å². The van der Waals surface area contributed by atoms with E-state index >= 15 is 0 Å². The molecule has 0 spiro atoms. The molecule has 0 atom stereocenters. The number of carbonyl (C=O) groups is 2. The number of amides is 1. The molecule has 0 saturated heterocycles. The van der Waals surface area contributed by atoms with Crippen molar-refractivity contribution in [3.63, 3.8) is 0 Å². The monoisotopic (exact) mass is 212 g/mol. The number of pyridine rings is 1. The fourth-order valence-electron chi connectivity index (χ4n) is 0.978. The maximum Gasteiger partial charge on any atom is 0.257 e. The zero-order valence-electron chi connectivity index (χ0n) is 7.82. The second kappa shape index (κ2) is 4.19. The Kier molecular flexibility index (Phi) is 3.19. The van der Waals surface area contributed by atoms with Crippen molar-refractivity contribution in [2.45, 2.75) is 0 Å². The molecule has 0 fully saturated rings. The van der Waals surface area contributed by atoms with E-state index in [0.29, 0.717) is 6.29 Å². The van der Waals surface area contributed by atoms with Gasteiger partial charge in [-0.25, -0.2) is 0 Å². The standard InChI is InChI=1S/C9H9ClN2O2/c1-12(2)9(14)8-6(10)3-4-11-7(8)5-13/h3-5H,1-2H3. The van der Waals surface area contributed by atoms with Gasteiger partial charge in [-0.2, -0.15) is 0 Å². The number of carbonyl (C=O) groups excluding carboxylic acids is 2. The Morgan fingerprint density at radius 2 is 2.21 bits per heavy atom. The molecule has 1 rings (SSSR count). The number of hydrogen-bond acceptors (Lipinski definition) is 3. The van der Waals surface area contributed by atoms with Gasteiger partial charge in [-0.15, -0.1) is 0 Å². The SMILES string of the molecule is CN(C)C(=O)c1c(Cl)ccnc1C=O. The minimum atomic E-state index is -0.329. The van der Waals surface area contributed by atoms with E-state index in [9.17, 15) is 9.59 Å². The number of aldehydes is 1. The summed E-state index contributed by atoms with van der Waals surface area (Å²) < 4.78 is 0. The third kappa shape index (κ3) is 1.90. The molecule has 0 unspecified atom stereocenters. The van der Waals surface area contributed by atoms with Crippen molar-refractivity contribution in [1.29, 1.82) is 0 Å². The third-order valence-corrected chi connectivity index (χ3v) is 1.98. The lowest BCUT2D eigenvalue weighted by Crippen LogP contribution is -2.23. The lowest BCUT2D eigenvalue weighted by molar-refractivity contribution is 0.0823. The lowest BCUT2D eigenvalue weighted by Gasteiger charge is -2.12. The van der Waals surface area contributed by atoms with Gasteiger partial charge in [0.15, 0.2) is 6.29 Å². The molecular formula is C9H9ClN2O2. The first kappa shape index (κ1) is 10.7. The van der Waals surface area contributed by atoms with E-state index in [1.807, 2.05) is 0 Å². The van der Waals surface area contributed by atoms with Crippen LogP contribution in [0.1, 0.15) is 20.8 Å². The van der Waals surface area contributed by atoms with Gasteiger partial charge >= 0.3 is 0 Å². The molecule has 0 aliphatic rings. The molecule has 1 aromatic rings. The number of hydrogen-bond donors (Lipinski definition) is 0. The minimum absolute atomic E-state index is 0.0659. The average molecular weight is 213 g/mol. The van der Waals surface area contributed by atoms with Crippen LogP contribution in [0.2, 0.25) is 5.02 Å². The third-order valence-electron chi connectivity index (χ3n) is 1.66. The summed E-state index contributed by atoms with van der Waals surface area (Å²) in [5, 5.41) is 0.237. The highest BCUT2D eigenvalue weighted by atomic mass is 35.5. The zero-order chi connectivity index (χ0) is 10.7. The molecule has 0 aliphatic carbocycles. The molecule has 0 aromatic carbocycles. The van der Waals surface area contributed by atoms with Crippen molar-refractivity contribution in [2.24, 2.45) is 0 Å². The lowest BCUT2D eigenvalue weighted by atomic mass is 10.2. The molecule has 0 N–H and O–H groups in total. The summed E-state index contributed by atoms with van der Waals surface area (Å²) in [6, 6.07) is 1.48. The Labute approximate surface area is 86.5 Å². The summed E-state index contributed by atoms with van der Waals surface area (Å²) >= 11 is 5.80. The maximum absolute atomic E-state index is 11.6. The number of halogens is 1. The van der Waals surface area contributed by atoms with E-state index in [4.69, 9.17) is 11.6 Å². The highest BCUT2D eigenvalue weighted by Gasteiger charge is 2.17. The quantitative estimate of drug-likeness (QED) is 0.694. The van der Waals surface area contributed by atoms with Crippen molar-refractivity contribution in [3.05, 3.63) is 28.5 Å². The van der Waals surface area contributed by atoms with E-state index in [2.05, 4.69) is 4.98 Å². The van der Waals surface area contributed by atoms with Crippen LogP contribution in [0.5, 0.6) is 0 Å². The normalized spacial score (nSPS) is 9.64. The molecule has 5 heteroatoms. The van der Waals surface area contributed by atoms with E-state index in [-0.39, 0.29) is 22.2 Å². The van der Waals surface area contributed by atoms with Crippen LogP contribution >= 0.6 is 11.6 Å². The molecular weight excluding hydrogens is 204 g/mol. The van der Waals surface area contributed by atoms with Crippen LogP contribution < -0.4 is 0 Å². The van der Waals surface area contributed by atoms with Crippen molar-refractivity contribution >= 4 is 23.8 Å². The van der Waals surface area contributed by atoms with Crippen LogP contribution in [0.4, 0.5) is 0 Å². The molecule has 1 amide bonds. The van der Waals surface area contributed by atoms with E-state index in [1.54, 1.807) is 14.1 Å². The van der Waals surface area contributed by atoms with Gasteiger partial charge in [-0.3, -0.25) is 14.6 Å². The summed E-state index contributed by atoms with van der Waals surface area (Å²) in [7, 11) is 3.17. The minimum Gasteiger partial charge on any atom is -0.345 e. The van der Waals surface area contributed by atoms with Gasteiger partial charge in [-0.1, -0.05) is 11.6 Å². The fourth-order valence-corrected chi connectivity index (χ4v) is 1.21. The molecule has 1 aromatic heterocycles. The highest BCUT2D eigenvalue weighted by molar-refractivity contribution is 6.34. The molecule has 1 heterocycles. The Hall–Kier alpha value is -1.42. The fraction of sp³-hybridized carbons (Fsp3) is 0.222. The van der Waals surface area contributed by atoms with Crippen LogP contribution in [0.15, 0.2) is 12.3 Å². The Balaban J connectivity index is 3.30. The van der Waals surface area contributed by atoms with E-state index in [0.717, 1.165) is 0 Å². The first-order valence-corrected chi connectivity index (χ1v) is 4.27. The number of aromatic nitrogens is 1. The second-order valence-corrected chi connectivity index (χ2v) is 3.28. The summed E-state index contributed by atoms with van der Waals surface area (Å²) in [5.74, 6) is -0.329. The molecule has 4 nitrogen and oxygen atoms in total. The smallest absolute Gasteiger partial charge is 0.257 e. The van der Waals surface area contributed by atoms with Gasteiger partial charge in [0.25, 0.3) is 5.91 Å². The van der Waals surface area contributed by atoms with Crippen LogP contribution in [-0.2, 0) is 0 Å². The second-order valence-electron chi connectivity index (χ2n) is 2.87. The van der Waals surface area contributed by atoms with E-state index in [1.165, 1.54) is 17.2 Å². The van der Waals surface area contributed by atoms with Crippen molar-refractivity contribution in [2.75, 3.05) is 14.1 Å². The van der Waals surface area contributed by atoms with Gasteiger partial charge in [0.1, 0.15) is 5.69 Å². The van der Waals surface area contributed by atoms with Gasteiger partial charge in [0, 0.05) is 20.3 Å². The van der Waals surface area contributed by atoms with Gasteiger partial charge in [0.2, 0.25) is 0 Å². The Bertz CT molecular complexity index is 377. The van der Waals surface area contributed by atoms with Crippen molar-refractivity contribution in [3.8, 4) is 0 Å². The Morgan fingerprint density at radius 3 is 2.71 bits per heavy atom. The Morgan fingerprint density at radius 1 is 1.57 bits per heavy atom. The van der Waals surface area contributed by atoms with Crippen LogP contribution in [0, 0.1) is 0 Å².